The van der Waals surface area contributed by atoms with Crippen molar-refractivity contribution >= 4 is 35.1 Å². The van der Waals surface area contributed by atoms with Gasteiger partial charge in [-0.1, -0.05) is 11.6 Å². The Morgan fingerprint density at radius 2 is 1.65 bits per heavy atom. The average Bonchev–Trinajstić information content (AvgIpc) is 2.68. The van der Waals surface area contributed by atoms with E-state index in [0.717, 1.165) is 12.1 Å². The van der Waals surface area contributed by atoms with Crippen LogP contribution in [0.1, 0.15) is 23.7 Å². The topological polar surface area (TPSA) is 93.7 Å². The van der Waals surface area contributed by atoms with Gasteiger partial charge in [-0.15, -0.1) is 13.2 Å². The molecule has 0 saturated heterocycles. The quantitative estimate of drug-likeness (QED) is 0.585. The van der Waals surface area contributed by atoms with Crippen LogP contribution in [-0.2, 0) is 14.3 Å². The van der Waals surface area contributed by atoms with E-state index in [1.807, 2.05) is 0 Å². The smallest absolute Gasteiger partial charge is 0.452 e. The van der Waals surface area contributed by atoms with Gasteiger partial charge in [-0.3, -0.25) is 14.4 Å². The average molecular weight is 459 g/mol. The zero-order valence-corrected chi connectivity index (χ0v) is 16.9. The Morgan fingerprint density at radius 3 is 2.23 bits per heavy atom. The summed E-state index contributed by atoms with van der Waals surface area (Å²) >= 11 is 5.75. The zero-order chi connectivity index (χ0) is 23.0. The Labute approximate surface area is 180 Å². The molecule has 0 spiro atoms. The van der Waals surface area contributed by atoms with Crippen LogP contribution in [0.4, 0.5) is 18.9 Å². The van der Waals surface area contributed by atoms with Gasteiger partial charge in [0.15, 0.2) is 6.10 Å². The second kappa shape index (κ2) is 10.7. The van der Waals surface area contributed by atoms with E-state index in [0.29, 0.717) is 10.6 Å². The Morgan fingerprint density at radius 1 is 1.03 bits per heavy atom. The monoisotopic (exact) mass is 458 g/mol. The molecule has 11 heteroatoms. The summed E-state index contributed by atoms with van der Waals surface area (Å²) in [6, 6.07) is 10.7. The summed E-state index contributed by atoms with van der Waals surface area (Å²) in [7, 11) is 0. The van der Waals surface area contributed by atoms with E-state index >= 15 is 0 Å². The van der Waals surface area contributed by atoms with Crippen LogP contribution in [0.2, 0.25) is 5.02 Å². The fourth-order valence-electron chi connectivity index (χ4n) is 2.27. The summed E-state index contributed by atoms with van der Waals surface area (Å²) < 4.78 is 45.1. The normalized spacial score (nSPS) is 11.9. The minimum atomic E-state index is -4.82. The first-order valence-electron chi connectivity index (χ1n) is 8.93. The third kappa shape index (κ3) is 8.55. The summed E-state index contributed by atoms with van der Waals surface area (Å²) in [5, 5.41) is 5.43. The fraction of sp³-hybridized carbons (Fsp3) is 0.250. The number of rotatable bonds is 8. The maximum atomic E-state index is 12.1. The van der Waals surface area contributed by atoms with Gasteiger partial charge in [-0.05, 0) is 55.5 Å². The number of hydrogen-bond donors (Lipinski definition) is 2. The van der Waals surface area contributed by atoms with Gasteiger partial charge in [0, 0.05) is 22.8 Å². The summed E-state index contributed by atoms with van der Waals surface area (Å²) in [6.07, 6.45) is -6.15. The van der Waals surface area contributed by atoms with Crippen LogP contribution in [0.15, 0.2) is 48.5 Å². The lowest BCUT2D eigenvalue weighted by Crippen LogP contribution is -2.32. The molecule has 0 aliphatic heterocycles. The SMILES string of the molecule is CC(OC(=O)CCNC(=O)c1ccc(Cl)cc1)C(=O)Nc1ccc(OC(F)(F)F)cc1. The maximum absolute atomic E-state index is 12.1. The lowest BCUT2D eigenvalue weighted by molar-refractivity contribution is -0.274. The van der Waals surface area contributed by atoms with Gasteiger partial charge >= 0.3 is 12.3 Å². The van der Waals surface area contributed by atoms with Crippen molar-refractivity contribution in [3.05, 3.63) is 59.1 Å². The molecule has 2 amide bonds. The first-order valence-corrected chi connectivity index (χ1v) is 9.31. The second-order valence-electron chi connectivity index (χ2n) is 6.21. The van der Waals surface area contributed by atoms with Crippen LogP contribution >= 0.6 is 11.6 Å². The van der Waals surface area contributed by atoms with Crippen LogP contribution in [0.5, 0.6) is 5.75 Å². The van der Waals surface area contributed by atoms with E-state index < -0.39 is 36.0 Å². The number of anilines is 1. The molecule has 0 radical (unpaired) electrons. The number of ether oxygens (including phenoxy) is 2. The summed E-state index contributed by atoms with van der Waals surface area (Å²) in [5.74, 6) is -2.23. The molecule has 0 fully saturated rings. The number of hydrogen-bond acceptors (Lipinski definition) is 5. The Hall–Kier alpha value is -3.27. The highest BCUT2D eigenvalue weighted by molar-refractivity contribution is 6.30. The van der Waals surface area contributed by atoms with Gasteiger partial charge < -0.3 is 20.1 Å². The molecule has 0 aliphatic carbocycles. The minimum Gasteiger partial charge on any atom is -0.452 e. The van der Waals surface area contributed by atoms with Gasteiger partial charge in [0.2, 0.25) is 0 Å². The molecule has 2 aromatic carbocycles. The van der Waals surface area contributed by atoms with E-state index in [1.54, 1.807) is 12.1 Å². The van der Waals surface area contributed by atoms with Crippen molar-refractivity contribution in [3.63, 3.8) is 0 Å². The van der Waals surface area contributed by atoms with Crippen LogP contribution in [0, 0.1) is 0 Å². The highest BCUT2D eigenvalue weighted by atomic mass is 35.5. The van der Waals surface area contributed by atoms with Gasteiger partial charge in [0.05, 0.1) is 6.42 Å². The van der Waals surface area contributed by atoms with Crippen molar-refractivity contribution in [3.8, 4) is 5.75 Å². The van der Waals surface area contributed by atoms with Crippen LogP contribution in [0.3, 0.4) is 0 Å². The number of amides is 2. The molecule has 2 rings (SSSR count). The fourth-order valence-corrected chi connectivity index (χ4v) is 2.40. The summed E-state index contributed by atoms with van der Waals surface area (Å²) in [4.78, 5) is 35.9. The van der Waals surface area contributed by atoms with Gasteiger partial charge in [-0.25, -0.2) is 0 Å². The van der Waals surface area contributed by atoms with Gasteiger partial charge in [0.1, 0.15) is 5.75 Å². The van der Waals surface area contributed by atoms with E-state index in [2.05, 4.69) is 15.4 Å². The second-order valence-corrected chi connectivity index (χ2v) is 6.64. The predicted molar refractivity (Wildman–Crippen MR) is 106 cm³/mol. The molecule has 0 aromatic heterocycles. The molecule has 1 unspecified atom stereocenters. The molecule has 1 atom stereocenters. The van der Waals surface area contributed by atoms with Gasteiger partial charge in [-0.2, -0.15) is 0 Å². The Bertz CT molecular complexity index is 918. The van der Waals surface area contributed by atoms with Crippen molar-refractivity contribution in [2.75, 3.05) is 11.9 Å². The summed E-state index contributed by atoms with van der Waals surface area (Å²) in [6.45, 7) is 1.33. The number of esters is 1. The van der Waals surface area contributed by atoms with Gasteiger partial charge in [0.25, 0.3) is 11.8 Å². The van der Waals surface area contributed by atoms with E-state index in [-0.39, 0.29) is 18.7 Å². The van der Waals surface area contributed by atoms with Crippen LogP contribution in [-0.4, -0.2) is 36.8 Å². The number of nitrogens with one attached hydrogen (secondary N) is 2. The molecular weight excluding hydrogens is 441 g/mol. The van der Waals surface area contributed by atoms with Crippen molar-refractivity contribution < 1.29 is 37.0 Å². The van der Waals surface area contributed by atoms with Crippen molar-refractivity contribution in [2.45, 2.75) is 25.8 Å². The molecule has 31 heavy (non-hydrogen) atoms. The number of carbonyl (C=O) groups is 3. The molecule has 0 saturated carbocycles. The number of benzene rings is 2. The molecular formula is C20H18ClF3N2O5. The van der Waals surface area contributed by atoms with E-state index in [9.17, 15) is 27.6 Å². The van der Waals surface area contributed by atoms with Crippen LogP contribution in [0.25, 0.3) is 0 Å². The third-order valence-corrected chi connectivity index (χ3v) is 4.01. The zero-order valence-electron chi connectivity index (χ0n) is 16.2. The molecule has 0 bridgehead atoms. The molecule has 0 heterocycles. The number of alkyl halides is 3. The van der Waals surface area contributed by atoms with Crippen molar-refractivity contribution in [1.82, 2.24) is 5.32 Å². The van der Waals surface area contributed by atoms with E-state index in [1.165, 1.54) is 31.2 Å². The Balaban J connectivity index is 1.74. The molecule has 2 aromatic rings. The lowest BCUT2D eigenvalue weighted by Gasteiger charge is -2.14. The molecule has 0 aliphatic rings. The lowest BCUT2D eigenvalue weighted by atomic mass is 10.2. The predicted octanol–water partition coefficient (Wildman–Crippen LogP) is 3.93. The van der Waals surface area contributed by atoms with Crippen molar-refractivity contribution in [2.24, 2.45) is 0 Å². The van der Waals surface area contributed by atoms with Crippen molar-refractivity contribution in [1.29, 1.82) is 0 Å². The highest BCUT2D eigenvalue weighted by Crippen LogP contribution is 2.24. The maximum Gasteiger partial charge on any atom is 0.573 e. The van der Waals surface area contributed by atoms with Crippen LogP contribution < -0.4 is 15.4 Å². The first-order chi connectivity index (χ1) is 14.5. The molecule has 2 N–H and O–H groups in total. The minimum absolute atomic E-state index is 0.00466. The molecule has 166 valence electrons. The number of carbonyl (C=O) groups excluding carboxylic acids is 3. The summed E-state index contributed by atoms with van der Waals surface area (Å²) in [5.41, 5.74) is 0.565. The standard InChI is InChI=1S/C20H18ClF3N2O5/c1-12(18(28)26-15-6-8-16(9-7-15)31-20(22,23)24)30-17(27)10-11-25-19(29)13-2-4-14(21)5-3-13/h2-9,12H,10-11H2,1H3,(H,25,29)(H,26,28). The third-order valence-electron chi connectivity index (χ3n) is 3.75. The first kappa shape index (κ1) is 24.0. The number of halogens is 4. The Kier molecular flexibility index (Phi) is 8.26. The highest BCUT2D eigenvalue weighted by Gasteiger charge is 2.31. The van der Waals surface area contributed by atoms with E-state index in [4.69, 9.17) is 16.3 Å². The molecule has 7 nitrogen and oxygen atoms in total. The largest absolute Gasteiger partial charge is 0.573 e.